The molecule has 0 N–H and O–H groups in total. The Hall–Kier alpha value is -1.35. The van der Waals surface area contributed by atoms with Gasteiger partial charge in [-0.25, -0.2) is 4.90 Å². The largest absolute Gasteiger partial charge is 0.274 e. The van der Waals surface area contributed by atoms with Gasteiger partial charge >= 0.3 is 0 Å². The molecule has 1 aromatic rings. The molecule has 6 unspecified atom stereocenters. The van der Waals surface area contributed by atoms with Gasteiger partial charge in [0.05, 0.1) is 17.5 Å². The van der Waals surface area contributed by atoms with E-state index >= 15 is 0 Å². The number of carbonyl (C=O) groups is 2. The van der Waals surface area contributed by atoms with Gasteiger partial charge in [0.15, 0.2) is 0 Å². The first kappa shape index (κ1) is 13.1. The lowest BCUT2D eigenvalue weighted by atomic mass is 9.59. The molecular formula is C18H18ClNO2. The minimum Gasteiger partial charge on any atom is -0.274 e. The zero-order chi connectivity index (χ0) is 15.2. The molecule has 6 rings (SSSR count). The number of imide groups is 1. The maximum atomic E-state index is 13.0. The lowest BCUT2D eigenvalue weighted by Gasteiger charge is -2.42. The number of benzene rings is 1. The highest BCUT2D eigenvalue weighted by molar-refractivity contribution is 6.32. The van der Waals surface area contributed by atoms with Crippen LogP contribution in [0, 0.1) is 42.4 Å². The van der Waals surface area contributed by atoms with E-state index in [9.17, 15) is 9.59 Å². The normalized spacial score (nSPS) is 41.6. The van der Waals surface area contributed by atoms with E-state index in [0.717, 1.165) is 30.2 Å². The smallest absolute Gasteiger partial charge is 0.237 e. The van der Waals surface area contributed by atoms with E-state index in [0.29, 0.717) is 22.5 Å². The van der Waals surface area contributed by atoms with Gasteiger partial charge in [-0.15, -0.1) is 0 Å². The number of halogens is 1. The summed E-state index contributed by atoms with van der Waals surface area (Å²) >= 11 is 6.19. The second-order valence-corrected chi connectivity index (χ2v) is 7.87. The molecule has 2 bridgehead atoms. The van der Waals surface area contributed by atoms with Crippen LogP contribution >= 0.6 is 11.6 Å². The number of nitrogens with zero attached hydrogens (tertiary/aromatic N) is 1. The molecule has 1 saturated heterocycles. The van der Waals surface area contributed by atoms with Crippen LogP contribution in [0.15, 0.2) is 18.2 Å². The Morgan fingerprint density at radius 2 is 1.59 bits per heavy atom. The Balaban J connectivity index is 1.57. The first-order chi connectivity index (χ1) is 10.6. The van der Waals surface area contributed by atoms with E-state index in [4.69, 9.17) is 11.6 Å². The summed E-state index contributed by atoms with van der Waals surface area (Å²) in [6, 6.07) is 5.48. The third-order valence-corrected chi connectivity index (χ3v) is 6.97. The molecule has 1 heterocycles. The number of aryl methyl sites for hydroxylation is 1. The van der Waals surface area contributed by atoms with Crippen molar-refractivity contribution >= 4 is 29.1 Å². The van der Waals surface area contributed by atoms with Crippen LogP contribution < -0.4 is 4.90 Å². The molecule has 22 heavy (non-hydrogen) atoms. The molecule has 0 spiro atoms. The third kappa shape index (κ3) is 1.48. The highest BCUT2D eigenvalue weighted by Crippen LogP contribution is 2.68. The van der Waals surface area contributed by atoms with E-state index in [2.05, 4.69) is 0 Å². The zero-order valence-electron chi connectivity index (χ0n) is 12.5. The second-order valence-electron chi connectivity index (χ2n) is 7.47. The van der Waals surface area contributed by atoms with Crippen molar-refractivity contribution in [2.45, 2.75) is 26.2 Å². The van der Waals surface area contributed by atoms with Crippen molar-refractivity contribution in [2.24, 2.45) is 35.5 Å². The molecule has 3 nitrogen and oxygen atoms in total. The van der Waals surface area contributed by atoms with Crippen molar-refractivity contribution in [3.8, 4) is 0 Å². The van der Waals surface area contributed by atoms with E-state index in [-0.39, 0.29) is 23.7 Å². The number of hydrogen-bond acceptors (Lipinski definition) is 2. The topological polar surface area (TPSA) is 37.4 Å². The van der Waals surface area contributed by atoms with Gasteiger partial charge in [0.25, 0.3) is 0 Å². The van der Waals surface area contributed by atoms with E-state index < -0.39 is 0 Å². The van der Waals surface area contributed by atoms with Crippen molar-refractivity contribution in [1.82, 2.24) is 0 Å². The number of amides is 2. The average Bonchev–Trinajstić information content (AvgIpc) is 3.28. The Morgan fingerprint density at radius 3 is 2.14 bits per heavy atom. The number of fused-ring (bicyclic) bond motifs is 1. The number of anilines is 1. The zero-order valence-corrected chi connectivity index (χ0v) is 13.2. The summed E-state index contributed by atoms with van der Waals surface area (Å²) < 4.78 is 0. The fraction of sp³-hybridized carbons (Fsp3) is 0.556. The minimum atomic E-state index is -0.0601. The highest BCUT2D eigenvalue weighted by Gasteiger charge is 2.68. The Kier molecular flexibility index (Phi) is 2.47. The summed E-state index contributed by atoms with van der Waals surface area (Å²) in [5.41, 5.74) is 1.61. The van der Waals surface area contributed by atoms with Crippen molar-refractivity contribution in [3.63, 3.8) is 0 Å². The molecule has 4 saturated carbocycles. The predicted octanol–water partition coefficient (Wildman–Crippen LogP) is 3.43. The molecule has 4 aliphatic carbocycles. The van der Waals surface area contributed by atoms with Crippen LogP contribution in [0.5, 0.6) is 0 Å². The van der Waals surface area contributed by atoms with Gasteiger partial charge < -0.3 is 0 Å². The summed E-state index contributed by atoms with van der Waals surface area (Å²) in [4.78, 5) is 27.4. The van der Waals surface area contributed by atoms with E-state index in [1.807, 2.05) is 19.1 Å². The first-order valence-electron chi connectivity index (χ1n) is 8.22. The summed E-state index contributed by atoms with van der Waals surface area (Å²) in [6.45, 7) is 1.92. The highest BCUT2D eigenvalue weighted by atomic mass is 35.5. The Morgan fingerprint density at radius 1 is 1.00 bits per heavy atom. The van der Waals surface area contributed by atoms with Gasteiger partial charge in [-0.2, -0.15) is 0 Å². The summed E-state index contributed by atoms with van der Waals surface area (Å²) in [7, 11) is 0. The summed E-state index contributed by atoms with van der Waals surface area (Å²) in [5.74, 6) is 2.26. The van der Waals surface area contributed by atoms with Crippen LogP contribution in [-0.2, 0) is 9.59 Å². The predicted molar refractivity (Wildman–Crippen MR) is 83.5 cm³/mol. The molecule has 1 aliphatic heterocycles. The molecule has 5 aliphatic rings. The van der Waals surface area contributed by atoms with Gasteiger partial charge in [-0.1, -0.05) is 17.7 Å². The van der Waals surface area contributed by atoms with E-state index in [1.54, 1.807) is 6.07 Å². The number of rotatable bonds is 1. The van der Waals surface area contributed by atoms with Gasteiger partial charge in [0.2, 0.25) is 11.8 Å². The molecule has 6 atom stereocenters. The SMILES string of the molecule is Cc1ccc(N2C(=O)C3C4CCC(C5CC54)C3C2=O)cc1Cl. The van der Waals surface area contributed by atoms with Crippen molar-refractivity contribution in [2.75, 3.05) is 4.90 Å². The quantitative estimate of drug-likeness (QED) is 0.745. The molecular weight excluding hydrogens is 298 g/mol. The first-order valence-corrected chi connectivity index (χ1v) is 8.59. The lowest BCUT2D eigenvalue weighted by molar-refractivity contribution is -0.129. The van der Waals surface area contributed by atoms with Gasteiger partial charge in [0.1, 0.15) is 0 Å². The monoisotopic (exact) mass is 315 g/mol. The van der Waals surface area contributed by atoms with Gasteiger partial charge in [-0.05, 0) is 67.6 Å². The Bertz CT molecular complexity index is 681. The van der Waals surface area contributed by atoms with Gasteiger partial charge in [-0.3, -0.25) is 9.59 Å². The number of carbonyl (C=O) groups excluding carboxylic acids is 2. The van der Waals surface area contributed by atoms with Crippen LogP contribution in [0.4, 0.5) is 5.69 Å². The third-order valence-electron chi connectivity index (χ3n) is 6.56. The van der Waals surface area contributed by atoms with Crippen LogP contribution in [0.2, 0.25) is 5.02 Å². The molecule has 0 radical (unpaired) electrons. The average molecular weight is 316 g/mol. The molecule has 0 aromatic heterocycles. The van der Waals surface area contributed by atoms with Crippen molar-refractivity contribution < 1.29 is 9.59 Å². The summed E-state index contributed by atoms with van der Waals surface area (Å²) in [5, 5.41) is 0.610. The lowest BCUT2D eigenvalue weighted by Crippen LogP contribution is -2.43. The standard InChI is InChI=1S/C18H18ClNO2/c1-8-2-3-9(6-14(8)19)20-17(21)15-10-4-5-11(13-7-12(10)13)16(15)18(20)22/h2-3,6,10-13,15-16H,4-5,7H2,1H3. The van der Waals surface area contributed by atoms with Crippen LogP contribution in [0.25, 0.3) is 0 Å². The second kappa shape index (κ2) is 4.14. The van der Waals surface area contributed by atoms with E-state index in [1.165, 1.54) is 11.3 Å². The maximum Gasteiger partial charge on any atom is 0.237 e. The molecule has 4 heteroatoms. The van der Waals surface area contributed by atoms with Crippen LogP contribution in [0.3, 0.4) is 0 Å². The molecule has 5 fully saturated rings. The van der Waals surface area contributed by atoms with Crippen LogP contribution in [0.1, 0.15) is 24.8 Å². The molecule has 1 aromatic carbocycles. The van der Waals surface area contributed by atoms with Crippen molar-refractivity contribution in [1.29, 1.82) is 0 Å². The summed E-state index contributed by atoms with van der Waals surface area (Å²) in [6.07, 6.45) is 3.52. The fourth-order valence-corrected chi connectivity index (χ4v) is 5.69. The van der Waals surface area contributed by atoms with Gasteiger partial charge in [0, 0.05) is 5.02 Å². The minimum absolute atomic E-state index is 0.0231. The molecule has 114 valence electrons. The maximum absolute atomic E-state index is 13.0. The van der Waals surface area contributed by atoms with Crippen LogP contribution in [-0.4, -0.2) is 11.8 Å². The van der Waals surface area contributed by atoms with Crippen molar-refractivity contribution in [3.05, 3.63) is 28.8 Å². The Labute approximate surface area is 134 Å². The fourth-order valence-electron chi connectivity index (χ4n) is 5.51. The molecule has 2 amide bonds. The number of hydrogen-bond donors (Lipinski definition) is 0.